The second-order valence-corrected chi connectivity index (χ2v) is 6.94. The van der Waals surface area contributed by atoms with Gasteiger partial charge in [-0.2, -0.15) is 0 Å². The molecule has 144 valence electrons. The van der Waals surface area contributed by atoms with Crippen LogP contribution >= 0.6 is 11.6 Å². The van der Waals surface area contributed by atoms with Crippen LogP contribution < -0.4 is 10.8 Å². The van der Waals surface area contributed by atoms with Crippen molar-refractivity contribution in [2.24, 2.45) is 4.99 Å². The van der Waals surface area contributed by atoms with Gasteiger partial charge in [0.1, 0.15) is 11.3 Å². The first kappa shape index (κ1) is 19.8. The zero-order chi connectivity index (χ0) is 19.9. The van der Waals surface area contributed by atoms with Crippen LogP contribution in [0.2, 0.25) is 5.02 Å². The summed E-state index contributed by atoms with van der Waals surface area (Å²) in [5.74, 6) is 0.571. The third-order valence-electron chi connectivity index (χ3n) is 4.27. The van der Waals surface area contributed by atoms with E-state index in [0.717, 1.165) is 41.8 Å². The molecule has 0 saturated heterocycles. The number of nitrogens with zero attached hydrogens (tertiary/aromatic N) is 4. The summed E-state index contributed by atoms with van der Waals surface area (Å²) in [5, 5.41) is 3.68. The van der Waals surface area contributed by atoms with E-state index in [4.69, 9.17) is 11.6 Å². The van der Waals surface area contributed by atoms with Crippen LogP contribution in [0.25, 0.3) is 5.70 Å². The molecule has 0 atom stereocenters. The highest BCUT2D eigenvalue weighted by Crippen LogP contribution is 2.26. The monoisotopic (exact) mass is 393 g/mol. The summed E-state index contributed by atoms with van der Waals surface area (Å²) in [4.78, 5) is 13.4. The topological polar surface area (TPSA) is 55.1 Å². The van der Waals surface area contributed by atoms with Gasteiger partial charge >= 0.3 is 0 Å². The number of halogens is 1. The van der Waals surface area contributed by atoms with Gasteiger partial charge in [-0.1, -0.05) is 37.6 Å². The van der Waals surface area contributed by atoms with Crippen molar-refractivity contribution in [2.75, 3.05) is 5.32 Å². The quantitative estimate of drug-likeness (QED) is 0.588. The lowest BCUT2D eigenvalue weighted by atomic mass is 10.2. The third kappa shape index (κ3) is 5.08. The zero-order valence-electron chi connectivity index (χ0n) is 16.2. The van der Waals surface area contributed by atoms with E-state index in [0.29, 0.717) is 16.5 Å². The average Bonchev–Trinajstić information content (AvgIpc) is 2.70. The fourth-order valence-corrected chi connectivity index (χ4v) is 2.87. The molecular formula is C22H24ClN5. The van der Waals surface area contributed by atoms with Crippen molar-refractivity contribution in [2.45, 2.75) is 33.2 Å². The highest BCUT2D eigenvalue weighted by atomic mass is 35.5. The van der Waals surface area contributed by atoms with Crippen LogP contribution in [0, 0.1) is 6.92 Å². The molecule has 0 bridgehead atoms. The van der Waals surface area contributed by atoms with Crippen molar-refractivity contribution < 1.29 is 0 Å². The van der Waals surface area contributed by atoms with E-state index in [-0.39, 0.29) is 0 Å². The molecule has 0 aliphatic heterocycles. The molecule has 0 aromatic carbocycles. The van der Waals surface area contributed by atoms with E-state index in [1.54, 1.807) is 12.4 Å². The SMILES string of the molecule is C=C(N=c1ccccn1CCCC)c1cnc(Nc2ccc(C)nc2)c(Cl)c1. The second-order valence-electron chi connectivity index (χ2n) is 6.53. The maximum atomic E-state index is 6.42. The Bertz CT molecular complexity index is 1020. The minimum Gasteiger partial charge on any atom is -0.338 e. The number of nitrogens with one attached hydrogen (secondary N) is 1. The summed E-state index contributed by atoms with van der Waals surface area (Å²) in [5.41, 5.74) is 4.05. The molecule has 3 heterocycles. The molecule has 3 aromatic rings. The molecule has 3 rings (SSSR count). The van der Waals surface area contributed by atoms with Crippen molar-refractivity contribution in [3.05, 3.63) is 83.3 Å². The number of hydrogen-bond donors (Lipinski definition) is 1. The molecule has 0 unspecified atom stereocenters. The zero-order valence-corrected chi connectivity index (χ0v) is 16.9. The summed E-state index contributed by atoms with van der Waals surface area (Å²) in [6.07, 6.45) is 7.74. The van der Waals surface area contributed by atoms with Gasteiger partial charge in [0.25, 0.3) is 0 Å². The third-order valence-corrected chi connectivity index (χ3v) is 4.56. The van der Waals surface area contributed by atoms with Crippen molar-refractivity contribution in [3.8, 4) is 0 Å². The lowest BCUT2D eigenvalue weighted by molar-refractivity contribution is 0.606. The molecule has 0 amide bonds. The average molecular weight is 394 g/mol. The second kappa shape index (κ2) is 9.33. The number of unbranched alkanes of at least 4 members (excludes halogenated alkanes) is 1. The van der Waals surface area contributed by atoms with Crippen molar-refractivity contribution in [1.29, 1.82) is 0 Å². The lowest BCUT2D eigenvalue weighted by Gasteiger charge is -2.10. The fraction of sp³-hybridized carbons (Fsp3) is 0.227. The number of anilines is 2. The number of aryl methyl sites for hydroxylation is 2. The first-order chi connectivity index (χ1) is 13.6. The molecule has 6 heteroatoms. The Morgan fingerprint density at radius 3 is 2.79 bits per heavy atom. The first-order valence-electron chi connectivity index (χ1n) is 9.31. The van der Waals surface area contributed by atoms with Gasteiger partial charge < -0.3 is 9.88 Å². The molecular weight excluding hydrogens is 370 g/mol. The van der Waals surface area contributed by atoms with Crippen LogP contribution in [0.3, 0.4) is 0 Å². The largest absolute Gasteiger partial charge is 0.338 e. The summed E-state index contributed by atoms with van der Waals surface area (Å²) in [7, 11) is 0. The Morgan fingerprint density at radius 2 is 2.07 bits per heavy atom. The van der Waals surface area contributed by atoms with Crippen LogP contribution in [-0.2, 0) is 6.54 Å². The lowest BCUT2D eigenvalue weighted by Crippen LogP contribution is -2.19. The molecule has 3 aromatic heterocycles. The minimum atomic E-state index is 0.501. The number of aromatic nitrogens is 3. The molecule has 0 aliphatic rings. The molecule has 1 N–H and O–H groups in total. The van der Waals surface area contributed by atoms with Gasteiger partial charge in [0.2, 0.25) is 0 Å². The standard InChI is InChI=1S/C22H24ClN5/c1-4-5-11-28-12-7-6-8-21(28)26-17(3)18-13-20(23)22(25-14-18)27-19-10-9-16(2)24-15-19/h6-10,12-15H,3-5,11H2,1-2H3,(H,25,27). The summed E-state index contributed by atoms with van der Waals surface area (Å²) >= 11 is 6.42. The molecule has 0 fully saturated rings. The highest BCUT2D eigenvalue weighted by molar-refractivity contribution is 6.33. The van der Waals surface area contributed by atoms with E-state index in [9.17, 15) is 0 Å². The molecule has 0 aliphatic carbocycles. The Hall–Kier alpha value is -2.92. The van der Waals surface area contributed by atoms with Gasteiger partial charge in [-0.05, 0) is 43.7 Å². The molecule has 0 saturated carbocycles. The van der Waals surface area contributed by atoms with Crippen LogP contribution in [-0.4, -0.2) is 14.5 Å². The van der Waals surface area contributed by atoms with Gasteiger partial charge in [0.15, 0.2) is 0 Å². The van der Waals surface area contributed by atoms with Crippen LogP contribution in [0.4, 0.5) is 11.5 Å². The maximum absolute atomic E-state index is 6.42. The Balaban J connectivity index is 1.82. The van der Waals surface area contributed by atoms with E-state index in [1.807, 2.05) is 49.5 Å². The van der Waals surface area contributed by atoms with Gasteiger partial charge in [0.05, 0.1) is 22.6 Å². The number of rotatable bonds is 7. The van der Waals surface area contributed by atoms with Crippen LogP contribution in [0.15, 0.2) is 66.6 Å². The van der Waals surface area contributed by atoms with Crippen molar-refractivity contribution >= 4 is 28.8 Å². The number of pyridine rings is 3. The van der Waals surface area contributed by atoms with E-state index >= 15 is 0 Å². The van der Waals surface area contributed by atoms with Gasteiger partial charge in [-0.25, -0.2) is 9.98 Å². The Morgan fingerprint density at radius 1 is 1.21 bits per heavy atom. The van der Waals surface area contributed by atoms with Gasteiger partial charge in [0, 0.05) is 30.2 Å². The van der Waals surface area contributed by atoms with Gasteiger partial charge in [-0.15, -0.1) is 0 Å². The normalized spacial score (nSPS) is 11.5. The Kier molecular flexibility index (Phi) is 6.61. The maximum Gasteiger partial charge on any atom is 0.149 e. The highest BCUT2D eigenvalue weighted by Gasteiger charge is 2.07. The van der Waals surface area contributed by atoms with Gasteiger partial charge in [-0.3, -0.25) is 4.98 Å². The first-order valence-corrected chi connectivity index (χ1v) is 9.69. The van der Waals surface area contributed by atoms with E-state index in [2.05, 4.69) is 38.3 Å². The molecule has 0 spiro atoms. The summed E-state index contributed by atoms with van der Waals surface area (Å²) in [6.45, 7) is 9.14. The predicted molar refractivity (Wildman–Crippen MR) is 115 cm³/mol. The molecule has 5 nitrogen and oxygen atoms in total. The fourth-order valence-electron chi connectivity index (χ4n) is 2.66. The van der Waals surface area contributed by atoms with Crippen molar-refractivity contribution in [1.82, 2.24) is 14.5 Å². The Labute approximate surface area is 170 Å². The number of hydrogen-bond acceptors (Lipinski definition) is 4. The summed E-state index contributed by atoms with van der Waals surface area (Å²) in [6, 6.07) is 11.7. The summed E-state index contributed by atoms with van der Waals surface area (Å²) < 4.78 is 2.13. The smallest absolute Gasteiger partial charge is 0.149 e. The van der Waals surface area contributed by atoms with Crippen molar-refractivity contribution in [3.63, 3.8) is 0 Å². The predicted octanol–water partition coefficient (Wildman–Crippen LogP) is 5.36. The molecule has 0 radical (unpaired) electrons. The molecule has 28 heavy (non-hydrogen) atoms. The van der Waals surface area contributed by atoms with E-state index < -0.39 is 0 Å². The minimum absolute atomic E-state index is 0.501. The van der Waals surface area contributed by atoms with Crippen LogP contribution in [0.5, 0.6) is 0 Å². The van der Waals surface area contributed by atoms with E-state index in [1.165, 1.54) is 0 Å². The van der Waals surface area contributed by atoms with Crippen LogP contribution in [0.1, 0.15) is 31.0 Å².